The smallest absolute Gasteiger partial charge is 0.338 e. The van der Waals surface area contributed by atoms with Crippen LogP contribution in [-0.2, 0) is 11.3 Å². The highest BCUT2D eigenvalue weighted by atomic mass is 79.9. The summed E-state index contributed by atoms with van der Waals surface area (Å²) in [5.41, 5.74) is 9.18. The van der Waals surface area contributed by atoms with Gasteiger partial charge in [0.05, 0.1) is 11.3 Å². The highest BCUT2D eigenvalue weighted by molar-refractivity contribution is 9.10. The molecule has 0 aliphatic rings. The third kappa shape index (κ3) is 3.36. The molecule has 0 spiro atoms. The van der Waals surface area contributed by atoms with Crippen molar-refractivity contribution < 1.29 is 9.53 Å². The molecule has 0 aliphatic heterocycles. The predicted octanol–water partition coefficient (Wildman–Crippen LogP) is 3.40. The number of hydrogen-bond donors (Lipinski definition) is 1. The van der Waals surface area contributed by atoms with Gasteiger partial charge in [0.25, 0.3) is 0 Å². The Morgan fingerprint density at radius 2 is 2.10 bits per heavy atom. The van der Waals surface area contributed by atoms with E-state index in [9.17, 15) is 4.79 Å². The Morgan fingerprint density at radius 3 is 2.80 bits per heavy atom. The van der Waals surface area contributed by atoms with Crippen LogP contribution in [0.25, 0.3) is 0 Å². The lowest BCUT2D eigenvalue weighted by atomic mass is 10.1. The molecule has 2 aromatic rings. The first kappa shape index (κ1) is 14.5. The lowest BCUT2D eigenvalue weighted by Gasteiger charge is -2.10. The number of pyridine rings is 1. The highest BCUT2D eigenvalue weighted by Crippen LogP contribution is 2.23. The number of rotatable bonds is 3. The van der Waals surface area contributed by atoms with Crippen molar-refractivity contribution in [3.8, 4) is 0 Å². The third-order valence-corrected chi connectivity index (χ3v) is 3.39. The summed E-state index contributed by atoms with van der Waals surface area (Å²) in [5, 5.41) is 0. The van der Waals surface area contributed by atoms with Gasteiger partial charge in [-0.05, 0) is 43.7 Å². The van der Waals surface area contributed by atoms with E-state index in [1.165, 1.54) is 0 Å². The molecule has 0 fully saturated rings. The van der Waals surface area contributed by atoms with Crippen LogP contribution in [0.4, 0.5) is 5.69 Å². The minimum absolute atomic E-state index is 0.145. The summed E-state index contributed by atoms with van der Waals surface area (Å²) in [6.45, 7) is 3.83. The van der Waals surface area contributed by atoms with Crippen molar-refractivity contribution >= 4 is 27.6 Å². The zero-order valence-corrected chi connectivity index (χ0v) is 12.9. The van der Waals surface area contributed by atoms with Crippen LogP contribution in [0, 0.1) is 13.8 Å². The van der Waals surface area contributed by atoms with Gasteiger partial charge >= 0.3 is 5.97 Å². The monoisotopic (exact) mass is 334 g/mol. The Morgan fingerprint density at radius 1 is 1.35 bits per heavy atom. The van der Waals surface area contributed by atoms with Crippen molar-refractivity contribution in [3.05, 3.63) is 57.3 Å². The fourth-order valence-corrected chi connectivity index (χ4v) is 2.28. The van der Waals surface area contributed by atoms with Crippen LogP contribution in [0.3, 0.4) is 0 Å². The van der Waals surface area contributed by atoms with Crippen molar-refractivity contribution in [3.63, 3.8) is 0 Å². The second kappa shape index (κ2) is 6.05. The summed E-state index contributed by atoms with van der Waals surface area (Å²) in [7, 11) is 0. The third-order valence-electron chi connectivity index (χ3n) is 2.93. The van der Waals surface area contributed by atoms with Crippen LogP contribution in [0.1, 0.15) is 27.3 Å². The largest absolute Gasteiger partial charge is 0.456 e. The molecule has 0 saturated heterocycles. The number of hydrogen-bond acceptors (Lipinski definition) is 4. The van der Waals surface area contributed by atoms with Crippen LogP contribution in [0.2, 0.25) is 0 Å². The van der Waals surface area contributed by atoms with E-state index in [2.05, 4.69) is 20.9 Å². The minimum Gasteiger partial charge on any atom is -0.456 e. The minimum atomic E-state index is -0.404. The molecule has 0 saturated carbocycles. The maximum Gasteiger partial charge on any atom is 0.338 e. The number of ether oxygens (including phenoxy) is 1. The van der Waals surface area contributed by atoms with Crippen molar-refractivity contribution in [2.24, 2.45) is 0 Å². The zero-order chi connectivity index (χ0) is 14.7. The second-order valence-electron chi connectivity index (χ2n) is 4.51. The number of carbonyl (C=O) groups is 1. The topological polar surface area (TPSA) is 65.2 Å². The molecule has 20 heavy (non-hydrogen) atoms. The normalized spacial score (nSPS) is 10.3. The second-order valence-corrected chi connectivity index (χ2v) is 5.43. The van der Waals surface area contributed by atoms with Gasteiger partial charge in [-0.2, -0.15) is 0 Å². The zero-order valence-electron chi connectivity index (χ0n) is 11.3. The summed E-state index contributed by atoms with van der Waals surface area (Å²) >= 11 is 3.32. The van der Waals surface area contributed by atoms with E-state index in [0.717, 1.165) is 21.4 Å². The van der Waals surface area contributed by atoms with E-state index in [1.807, 2.05) is 25.1 Å². The van der Waals surface area contributed by atoms with E-state index in [-0.39, 0.29) is 6.61 Å². The van der Waals surface area contributed by atoms with Gasteiger partial charge in [0.2, 0.25) is 0 Å². The number of aromatic nitrogens is 1. The first-order valence-electron chi connectivity index (χ1n) is 6.12. The van der Waals surface area contributed by atoms with Crippen molar-refractivity contribution in [2.75, 3.05) is 5.73 Å². The van der Waals surface area contributed by atoms with Gasteiger partial charge in [0.15, 0.2) is 0 Å². The number of aryl methyl sites for hydroxylation is 1. The fourth-order valence-electron chi connectivity index (χ4n) is 1.81. The summed E-state index contributed by atoms with van der Waals surface area (Å²) in [6.07, 6.45) is 0. The summed E-state index contributed by atoms with van der Waals surface area (Å²) < 4.78 is 6.03. The van der Waals surface area contributed by atoms with Crippen molar-refractivity contribution in [1.29, 1.82) is 0 Å². The molecule has 0 radical (unpaired) electrons. The molecule has 0 bridgehead atoms. The quantitative estimate of drug-likeness (QED) is 0.690. The SMILES string of the molecule is Cc1cccc(COC(=O)c2cc(Br)cc(N)c2C)n1. The number of nitrogens with two attached hydrogens (primary N) is 1. The summed E-state index contributed by atoms with van der Waals surface area (Å²) in [6, 6.07) is 9.06. The Labute approximate surface area is 126 Å². The fraction of sp³-hybridized carbons (Fsp3) is 0.200. The van der Waals surface area contributed by atoms with Crippen LogP contribution in [-0.4, -0.2) is 11.0 Å². The van der Waals surface area contributed by atoms with E-state index in [0.29, 0.717) is 11.3 Å². The van der Waals surface area contributed by atoms with Gasteiger partial charge in [-0.25, -0.2) is 4.79 Å². The number of esters is 1. The molecule has 1 aromatic heterocycles. The summed E-state index contributed by atoms with van der Waals surface area (Å²) in [5.74, 6) is -0.404. The molecule has 1 aromatic carbocycles. The number of halogens is 1. The Hall–Kier alpha value is -1.88. The Balaban J connectivity index is 2.13. The average molecular weight is 335 g/mol. The molecular formula is C15H15BrN2O2. The molecule has 0 atom stereocenters. The van der Waals surface area contributed by atoms with Crippen LogP contribution in [0.15, 0.2) is 34.8 Å². The average Bonchev–Trinajstić information content (AvgIpc) is 2.40. The van der Waals surface area contributed by atoms with Crippen molar-refractivity contribution in [2.45, 2.75) is 20.5 Å². The molecule has 0 amide bonds. The lowest BCUT2D eigenvalue weighted by molar-refractivity contribution is 0.0466. The van der Waals surface area contributed by atoms with Gasteiger partial charge in [0, 0.05) is 15.9 Å². The lowest BCUT2D eigenvalue weighted by Crippen LogP contribution is -2.09. The molecule has 0 aliphatic carbocycles. The van der Waals surface area contributed by atoms with Crippen molar-refractivity contribution in [1.82, 2.24) is 4.98 Å². The van der Waals surface area contributed by atoms with Crippen LogP contribution in [0.5, 0.6) is 0 Å². The Bertz CT molecular complexity index is 656. The summed E-state index contributed by atoms with van der Waals surface area (Å²) in [4.78, 5) is 16.4. The van der Waals surface area contributed by atoms with E-state index in [4.69, 9.17) is 10.5 Å². The predicted molar refractivity (Wildman–Crippen MR) is 81.4 cm³/mol. The molecule has 0 unspecified atom stereocenters. The van der Waals surface area contributed by atoms with E-state index >= 15 is 0 Å². The number of carbonyl (C=O) groups excluding carboxylic acids is 1. The molecular weight excluding hydrogens is 320 g/mol. The molecule has 2 rings (SSSR count). The number of nitrogen functional groups attached to an aromatic ring is 1. The van der Waals surface area contributed by atoms with Gasteiger partial charge < -0.3 is 10.5 Å². The first-order valence-corrected chi connectivity index (χ1v) is 6.92. The molecule has 1 heterocycles. The maximum atomic E-state index is 12.1. The first-order chi connectivity index (χ1) is 9.47. The molecule has 4 nitrogen and oxygen atoms in total. The van der Waals surface area contributed by atoms with Gasteiger partial charge in [-0.15, -0.1) is 0 Å². The van der Waals surface area contributed by atoms with E-state index in [1.54, 1.807) is 19.1 Å². The molecule has 104 valence electrons. The number of benzene rings is 1. The molecule has 5 heteroatoms. The number of nitrogens with zero attached hydrogens (tertiary/aromatic N) is 1. The highest BCUT2D eigenvalue weighted by Gasteiger charge is 2.14. The number of anilines is 1. The van der Waals surface area contributed by atoms with E-state index < -0.39 is 5.97 Å². The van der Waals surface area contributed by atoms with Gasteiger partial charge in [0.1, 0.15) is 6.61 Å². The van der Waals surface area contributed by atoms with Crippen LogP contribution >= 0.6 is 15.9 Å². The Kier molecular flexibility index (Phi) is 4.39. The van der Waals surface area contributed by atoms with Gasteiger partial charge in [-0.1, -0.05) is 22.0 Å². The molecule has 2 N–H and O–H groups in total. The van der Waals surface area contributed by atoms with Gasteiger partial charge in [-0.3, -0.25) is 4.98 Å². The standard InChI is InChI=1S/C15H15BrN2O2/c1-9-4-3-5-12(18-9)8-20-15(19)13-6-11(16)7-14(17)10(13)2/h3-7H,8,17H2,1-2H3. The maximum absolute atomic E-state index is 12.1. The van der Waals surface area contributed by atoms with Crippen LogP contribution < -0.4 is 5.73 Å².